The molecule has 4 N–H and O–H groups in total. The Morgan fingerprint density at radius 2 is 1.67 bits per heavy atom. The zero-order valence-corrected chi connectivity index (χ0v) is 18.6. The molecule has 0 radical (unpaired) electrons. The first-order valence-electron chi connectivity index (χ1n) is 10.8. The van der Waals surface area contributed by atoms with E-state index in [-0.39, 0.29) is 24.8 Å². The Balaban J connectivity index is 1.74. The number of para-hydroxylation sites is 2. The lowest BCUT2D eigenvalue weighted by Crippen LogP contribution is -2.56. The summed E-state index contributed by atoms with van der Waals surface area (Å²) in [6, 6.07) is 13.2. The van der Waals surface area contributed by atoms with Crippen molar-refractivity contribution < 1.29 is 24.3 Å². The van der Waals surface area contributed by atoms with Gasteiger partial charge in [0, 0.05) is 6.42 Å². The average molecular weight is 453 g/mol. The third-order valence-corrected chi connectivity index (χ3v) is 5.23. The fourth-order valence-corrected chi connectivity index (χ4v) is 3.67. The molecule has 1 aliphatic heterocycles. The zero-order valence-electron chi connectivity index (χ0n) is 18.6. The molecule has 0 bridgehead atoms. The van der Waals surface area contributed by atoms with Gasteiger partial charge in [-0.25, -0.2) is 9.59 Å². The third-order valence-electron chi connectivity index (χ3n) is 5.23. The molecule has 3 rings (SSSR count). The Morgan fingerprint density at radius 1 is 1.00 bits per heavy atom. The monoisotopic (exact) mass is 452 g/mol. The number of carbonyl (C=O) groups is 4. The molecule has 4 amide bonds. The molecule has 2 aromatic carbocycles. The molecule has 0 spiro atoms. The molecular weight excluding hydrogens is 424 g/mol. The van der Waals surface area contributed by atoms with Crippen molar-refractivity contribution >= 4 is 35.2 Å². The highest BCUT2D eigenvalue weighted by Crippen LogP contribution is 2.28. The van der Waals surface area contributed by atoms with E-state index in [1.807, 2.05) is 19.9 Å². The molecule has 9 heteroatoms. The smallest absolute Gasteiger partial charge is 0.326 e. The van der Waals surface area contributed by atoms with Crippen molar-refractivity contribution in [2.75, 3.05) is 16.8 Å². The summed E-state index contributed by atoms with van der Waals surface area (Å²) in [6.07, 6.45) is 0.418. The SMILES string of the molecule is CC(C)C[C@H](NC(=O)N1CC(=O)Nc2ccccc21)C(=O)N[C@@H](Cc1ccccc1)C(=O)O. The van der Waals surface area contributed by atoms with Crippen molar-refractivity contribution in [1.82, 2.24) is 10.6 Å². The van der Waals surface area contributed by atoms with Gasteiger partial charge in [-0.2, -0.15) is 0 Å². The number of hydrogen-bond acceptors (Lipinski definition) is 4. The number of urea groups is 1. The second kappa shape index (κ2) is 10.6. The van der Waals surface area contributed by atoms with Crippen LogP contribution in [-0.2, 0) is 20.8 Å². The van der Waals surface area contributed by atoms with Gasteiger partial charge in [-0.3, -0.25) is 14.5 Å². The van der Waals surface area contributed by atoms with Crippen LogP contribution in [-0.4, -0.2) is 47.5 Å². The van der Waals surface area contributed by atoms with Crippen LogP contribution in [0.4, 0.5) is 16.2 Å². The normalized spacial score (nSPS) is 14.6. The molecule has 0 aromatic heterocycles. The van der Waals surface area contributed by atoms with Crippen LogP contribution < -0.4 is 20.9 Å². The predicted octanol–water partition coefficient (Wildman–Crippen LogP) is 2.38. The first-order chi connectivity index (χ1) is 15.7. The molecule has 9 nitrogen and oxygen atoms in total. The van der Waals surface area contributed by atoms with Gasteiger partial charge >= 0.3 is 12.0 Å². The van der Waals surface area contributed by atoms with E-state index in [0.29, 0.717) is 17.8 Å². The standard InChI is InChI=1S/C24H28N4O5/c1-15(2)12-18(22(30)26-19(23(31)32)13-16-8-4-3-5-9-16)27-24(33)28-14-21(29)25-17-10-6-7-11-20(17)28/h3-11,15,18-19H,12-14H2,1-2H3,(H,25,29)(H,26,30)(H,27,33)(H,31,32)/t18-,19-/m0/s1. The number of benzene rings is 2. The Morgan fingerprint density at radius 3 is 2.33 bits per heavy atom. The Bertz CT molecular complexity index is 1020. The largest absolute Gasteiger partial charge is 0.480 e. The number of anilines is 2. The van der Waals surface area contributed by atoms with Crippen molar-refractivity contribution in [3.8, 4) is 0 Å². The molecule has 1 heterocycles. The van der Waals surface area contributed by atoms with Gasteiger partial charge in [0.15, 0.2) is 0 Å². The number of carboxylic acids is 1. The Hall–Kier alpha value is -3.88. The fourth-order valence-electron chi connectivity index (χ4n) is 3.67. The van der Waals surface area contributed by atoms with Crippen LogP contribution in [0.5, 0.6) is 0 Å². The minimum Gasteiger partial charge on any atom is -0.480 e. The lowest BCUT2D eigenvalue weighted by molar-refractivity contribution is -0.142. The fraction of sp³-hybridized carbons (Fsp3) is 0.333. The molecule has 2 aromatic rings. The molecular formula is C24H28N4O5. The summed E-state index contributed by atoms with van der Waals surface area (Å²) < 4.78 is 0. The van der Waals surface area contributed by atoms with E-state index >= 15 is 0 Å². The number of carboxylic acid groups (broad SMARTS) is 1. The van der Waals surface area contributed by atoms with E-state index in [2.05, 4.69) is 16.0 Å². The van der Waals surface area contributed by atoms with Gasteiger partial charge < -0.3 is 21.1 Å². The van der Waals surface area contributed by atoms with Gasteiger partial charge in [-0.15, -0.1) is 0 Å². The van der Waals surface area contributed by atoms with Crippen LogP contribution in [0, 0.1) is 5.92 Å². The molecule has 2 atom stereocenters. The van der Waals surface area contributed by atoms with Gasteiger partial charge in [-0.1, -0.05) is 56.3 Å². The second-order valence-corrected chi connectivity index (χ2v) is 8.37. The zero-order chi connectivity index (χ0) is 24.0. The summed E-state index contributed by atoms with van der Waals surface area (Å²) >= 11 is 0. The number of hydrogen-bond donors (Lipinski definition) is 4. The van der Waals surface area contributed by atoms with Crippen LogP contribution in [0.2, 0.25) is 0 Å². The maximum atomic E-state index is 13.1. The first-order valence-corrected chi connectivity index (χ1v) is 10.8. The highest BCUT2D eigenvalue weighted by atomic mass is 16.4. The molecule has 33 heavy (non-hydrogen) atoms. The van der Waals surface area contributed by atoms with Gasteiger partial charge in [0.1, 0.15) is 18.6 Å². The maximum Gasteiger partial charge on any atom is 0.326 e. The molecule has 0 fully saturated rings. The molecule has 0 saturated carbocycles. The van der Waals surface area contributed by atoms with Crippen molar-refractivity contribution in [2.45, 2.75) is 38.8 Å². The summed E-state index contributed by atoms with van der Waals surface area (Å²) in [6.45, 7) is 3.61. The third kappa shape index (κ3) is 6.31. The Kier molecular flexibility index (Phi) is 7.66. The van der Waals surface area contributed by atoms with Crippen LogP contribution in [0.1, 0.15) is 25.8 Å². The van der Waals surface area contributed by atoms with Crippen molar-refractivity contribution in [3.05, 3.63) is 60.2 Å². The number of carbonyl (C=O) groups excluding carboxylic acids is 3. The second-order valence-electron chi connectivity index (χ2n) is 8.37. The summed E-state index contributed by atoms with van der Waals surface area (Å²) in [5, 5.41) is 17.6. The number of amides is 4. The van der Waals surface area contributed by atoms with E-state index < -0.39 is 30.0 Å². The Labute approximate surface area is 192 Å². The minimum absolute atomic E-state index is 0.0513. The minimum atomic E-state index is -1.16. The lowest BCUT2D eigenvalue weighted by Gasteiger charge is -2.31. The lowest BCUT2D eigenvalue weighted by atomic mass is 10.0. The van der Waals surface area contributed by atoms with Crippen molar-refractivity contribution in [2.24, 2.45) is 5.92 Å². The van der Waals surface area contributed by atoms with Gasteiger partial charge in [-0.05, 0) is 30.0 Å². The average Bonchev–Trinajstić information content (AvgIpc) is 2.77. The van der Waals surface area contributed by atoms with E-state index in [1.54, 1.807) is 48.5 Å². The predicted molar refractivity (Wildman–Crippen MR) is 124 cm³/mol. The van der Waals surface area contributed by atoms with Gasteiger partial charge in [0.2, 0.25) is 11.8 Å². The highest BCUT2D eigenvalue weighted by Gasteiger charge is 2.31. The van der Waals surface area contributed by atoms with Gasteiger partial charge in [0.25, 0.3) is 0 Å². The maximum absolute atomic E-state index is 13.1. The molecule has 0 saturated heterocycles. The number of aliphatic carboxylic acids is 1. The van der Waals surface area contributed by atoms with Crippen molar-refractivity contribution in [1.29, 1.82) is 0 Å². The number of fused-ring (bicyclic) bond motifs is 1. The highest BCUT2D eigenvalue weighted by molar-refractivity contribution is 6.10. The summed E-state index contributed by atoms with van der Waals surface area (Å²) in [7, 11) is 0. The van der Waals surface area contributed by atoms with E-state index in [1.165, 1.54) is 4.90 Å². The topological polar surface area (TPSA) is 128 Å². The molecule has 1 aliphatic rings. The number of nitrogens with zero attached hydrogens (tertiary/aromatic N) is 1. The van der Waals surface area contributed by atoms with Crippen molar-refractivity contribution in [3.63, 3.8) is 0 Å². The quantitative estimate of drug-likeness (QED) is 0.489. The summed E-state index contributed by atoms with van der Waals surface area (Å²) in [4.78, 5) is 51.2. The summed E-state index contributed by atoms with van der Waals surface area (Å²) in [5.41, 5.74) is 1.79. The summed E-state index contributed by atoms with van der Waals surface area (Å²) in [5.74, 6) is -2.04. The van der Waals surface area contributed by atoms with Crippen LogP contribution >= 0.6 is 0 Å². The first kappa shape index (κ1) is 23.8. The molecule has 0 aliphatic carbocycles. The number of rotatable bonds is 8. The van der Waals surface area contributed by atoms with Gasteiger partial charge in [0.05, 0.1) is 11.4 Å². The van der Waals surface area contributed by atoms with E-state index in [4.69, 9.17) is 0 Å². The van der Waals surface area contributed by atoms with Crippen LogP contribution in [0.25, 0.3) is 0 Å². The molecule has 0 unspecified atom stereocenters. The molecule has 174 valence electrons. The van der Waals surface area contributed by atoms with Crippen LogP contribution in [0.3, 0.4) is 0 Å². The van der Waals surface area contributed by atoms with Crippen LogP contribution in [0.15, 0.2) is 54.6 Å². The van der Waals surface area contributed by atoms with E-state index in [0.717, 1.165) is 5.56 Å². The van der Waals surface area contributed by atoms with E-state index in [9.17, 15) is 24.3 Å². The number of nitrogens with one attached hydrogen (secondary N) is 3.